The van der Waals surface area contributed by atoms with Crippen LogP contribution in [0.25, 0.3) is 0 Å². The molecule has 0 saturated heterocycles. The highest BCUT2D eigenvalue weighted by molar-refractivity contribution is 5.94. The molecule has 65 heavy (non-hydrogen) atoms. The molecule has 0 heterocycles. The Balaban J connectivity index is 1.55. The number of aryl methyl sites for hydroxylation is 8. The number of benzene rings is 4. The molecule has 344 valence electrons. The quantitative estimate of drug-likeness (QED) is 0.0563. The second-order valence-electron chi connectivity index (χ2n) is 14.5. The van der Waals surface area contributed by atoms with E-state index in [-0.39, 0.29) is 22.3 Å². The van der Waals surface area contributed by atoms with Crippen molar-refractivity contribution in [1.29, 1.82) is 0 Å². The second kappa shape index (κ2) is 22.8. The predicted molar refractivity (Wildman–Crippen MR) is 217 cm³/mol. The van der Waals surface area contributed by atoms with Crippen LogP contribution >= 0.6 is 0 Å². The van der Waals surface area contributed by atoms with Crippen molar-refractivity contribution >= 4 is 48.5 Å². The van der Waals surface area contributed by atoms with Gasteiger partial charge in [0.25, 0.3) is 0 Å². The molecule has 4 rings (SSSR count). The Morgan fingerprint density at radius 1 is 0.308 bits per heavy atom. The number of ether oxygens (including phenoxy) is 4. The minimum atomic E-state index is -2.24. The summed E-state index contributed by atoms with van der Waals surface area (Å²) in [5, 5.41) is 0. The zero-order valence-corrected chi connectivity index (χ0v) is 36.4. The summed E-state index contributed by atoms with van der Waals surface area (Å²) in [6.07, 6.45) is -6.74. The zero-order valence-electron chi connectivity index (χ0n) is 36.4. The second-order valence-corrected chi connectivity index (χ2v) is 14.5. The molecule has 0 atom stereocenters. The summed E-state index contributed by atoms with van der Waals surface area (Å²) < 4.78 is 20.4. The predicted octanol–water partition coefficient (Wildman–Crippen LogP) is 8.14. The maximum Gasteiger partial charge on any atom is 0.549 e. The number of hydrogen-bond acceptors (Lipinski definition) is 20. The van der Waals surface area contributed by atoms with E-state index in [1.54, 1.807) is 128 Å². The minimum Gasteiger partial charge on any atom is -0.431 e. The van der Waals surface area contributed by atoms with Crippen LogP contribution in [0.4, 0.5) is 19.2 Å². The van der Waals surface area contributed by atoms with Crippen LogP contribution in [0.3, 0.4) is 0 Å². The van der Waals surface area contributed by atoms with E-state index < -0.39 is 80.3 Å². The van der Waals surface area contributed by atoms with Gasteiger partial charge < -0.3 is 18.9 Å². The first-order chi connectivity index (χ1) is 30.8. The Hall–Kier alpha value is -8.16. The summed E-state index contributed by atoms with van der Waals surface area (Å²) >= 11 is 0. The van der Waals surface area contributed by atoms with Crippen molar-refractivity contribution < 1.29 is 96.4 Å². The normalized spacial score (nSPS) is 10.6. The Morgan fingerprint density at radius 3 is 0.646 bits per heavy atom. The molecule has 20 nitrogen and oxygen atoms in total. The minimum absolute atomic E-state index is 0.0789. The molecule has 0 unspecified atom stereocenters. The monoisotopic (exact) mass is 904 g/mol. The smallest absolute Gasteiger partial charge is 0.431 e. The average Bonchev–Trinajstić information content (AvgIpc) is 3.25. The molecule has 4 aromatic carbocycles. The van der Waals surface area contributed by atoms with Crippen LogP contribution in [0.15, 0.2) is 72.8 Å². The Kier molecular flexibility index (Phi) is 17.4. The van der Waals surface area contributed by atoms with Gasteiger partial charge in [-0.2, -0.15) is 19.2 Å². The topological polar surface area (TPSA) is 247 Å². The molecule has 0 aromatic heterocycles. The van der Waals surface area contributed by atoms with Gasteiger partial charge in [0.05, 0.1) is 22.3 Å². The van der Waals surface area contributed by atoms with Gasteiger partial charge in [-0.15, -0.1) is 0 Å². The van der Waals surface area contributed by atoms with Crippen molar-refractivity contribution in [2.45, 2.75) is 55.4 Å². The highest BCUT2D eigenvalue weighted by atomic mass is 17.3. The third-order valence-corrected chi connectivity index (χ3v) is 9.47. The van der Waals surface area contributed by atoms with E-state index in [9.17, 15) is 38.4 Å². The molecule has 0 fully saturated rings. The van der Waals surface area contributed by atoms with Crippen LogP contribution in [-0.2, 0) is 58.0 Å². The fraction of sp³-hybridized carbons (Fsp3) is 0.289. The first-order valence-electron chi connectivity index (χ1n) is 19.3. The molecule has 0 radical (unpaired) electrons. The summed E-state index contributed by atoms with van der Waals surface area (Å²) in [6, 6.07) is 19.6. The van der Waals surface area contributed by atoms with Gasteiger partial charge in [-0.1, -0.05) is 72.8 Å². The van der Waals surface area contributed by atoms with Crippen molar-refractivity contribution in [3.63, 3.8) is 0 Å². The molecule has 4 aromatic rings. The first kappa shape index (κ1) is 49.5. The van der Waals surface area contributed by atoms with E-state index in [1.165, 1.54) is 0 Å². The lowest BCUT2D eigenvalue weighted by Crippen LogP contribution is -2.44. The van der Waals surface area contributed by atoms with Crippen molar-refractivity contribution in [2.75, 3.05) is 26.4 Å². The van der Waals surface area contributed by atoms with Crippen LogP contribution in [0, 0.1) is 60.8 Å². The lowest BCUT2D eigenvalue weighted by atomic mass is 9.92. The van der Waals surface area contributed by atoms with E-state index in [2.05, 4.69) is 39.1 Å². The summed E-state index contributed by atoms with van der Waals surface area (Å²) in [4.78, 5) is 139. The van der Waals surface area contributed by atoms with Gasteiger partial charge in [0.2, 0.25) is 0 Å². The van der Waals surface area contributed by atoms with Gasteiger partial charge in [0.1, 0.15) is 31.8 Å². The van der Waals surface area contributed by atoms with Gasteiger partial charge in [0, 0.05) is 0 Å². The molecule has 0 amide bonds. The first-order valence-corrected chi connectivity index (χ1v) is 19.3. The molecule has 0 bridgehead atoms. The maximum atomic E-state index is 12.8. The molecule has 0 spiro atoms. The lowest BCUT2D eigenvalue weighted by Gasteiger charge is -2.30. The van der Waals surface area contributed by atoms with Crippen LogP contribution in [0.1, 0.15) is 85.9 Å². The Morgan fingerprint density at radius 2 is 0.477 bits per heavy atom. The van der Waals surface area contributed by atoms with E-state index in [1.807, 2.05) is 0 Å². The number of carbonyl (C=O) groups is 8. The van der Waals surface area contributed by atoms with Crippen molar-refractivity contribution in [3.05, 3.63) is 140 Å². The molecule has 0 aliphatic rings. The molecule has 0 aliphatic carbocycles. The molecular weight excluding hydrogens is 860 g/mol. The van der Waals surface area contributed by atoms with Gasteiger partial charge >= 0.3 is 48.5 Å². The van der Waals surface area contributed by atoms with Gasteiger partial charge in [-0.3, -0.25) is 0 Å². The van der Waals surface area contributed by atoms with Gasteiger partial charge in [-0.25, -0.2) is 58.3 Å². The average molecular weight is 905 g/mol. The van der Waals surface area contributed by atoms with Crippen molar-refractivity contribution in [1.82, 2.24) is 0 Å². The standard InChI is InChI=1S/C45H44O20/c1-25-13-9-14-26(2)33(25)37(46)58-62-41(50)54-21-45(22-55-42(51)63-59-38(47)34-27(3)15-10-16-28(34)4,23-56-43(52)64-60-39(48)35-29(5)17-11-18-30(35)6)24-57-44(53)65-61-40(49)36-31(7)19-12-20-32(36)8/h9-20H,21-24H2,1-8H3. The highest BCUT2D eigenvalue weighted by Crippen LogP contribution is 2.24. The van der Waals surface area contributed by atoms with E-state index in [4.69, 9.17) is 18.9 Å². The van der Waals surface area contributed by atoms with Gasteiger partial charge in [0.15, 0.2) is 0 Å². The fourth-order valence-corrected chi connectivity index (χ4v) is 6.19. The van der Waals surface area contributed by atoms with Crippen LogP contribution in [-0.4, -0.2) is 74.9 Å². The lowest BCUT2D eigenvalue weighted by molar-refractivity contribution is -0.223. The van der Waals surface area contributed by atoms with Crippen molar-refractivity contribution in [2.24, 2.45) is 5.41 Å². The highest BCUT2D eigenvalue weighted by Gasteiger charge is 2.40. The van der Waals surface area contributed by atoms with Crippen LogP contribution in [0.5, 0.6) is 0 Å². The molecular formula is C45H44O20. The van der Waals surface area contributed by atoms with Crippen LogP contribution < -0.4 is 0 Å². The van der Waals surface area contributed by atoms with E-state index in [0.717, 1.165) is 0 Å². The number of carbonyl (C=O) groups excluding carboxylic acids is 8. The maximum absolute atomic E-state index is 12.8. The third kappa shape index (κ3) is 13.9. The van der Waals surface area contributed by atoms with Crippen LogP contribution in [0.2, 0.25) is 0 Å². The number of hydrogen-bond donors (Lipinski definition) is 0. The Bertz CT molecular complexity index is 2030. The van der Waals surface area contributed by atoms with E-state index >= 15 is 0 Å². The summed E-state index contributed by atoms with van der Waals surface area (Å²) in [5.41, 5.74) is 1.98. The molecule has 0 saturated carbocycles. The fourth-order valence-electron chi connectivity index (χ4n) is 6.19. The SMILES string of the molecule is Cc1cccc(C)c1C(=O)OOC(=O)OCC(COC(=O)OOC(=O)c1c(C)cccc1C)(COC(=O)OOC(=O)c1c(C)cccc1C)COC(=O)OOC(=O)c1c(C)cccc1C. The molecule has 20 heteroatoms. The summed E-state index contributed by atoms with van der Waals surface area (Å²) in [5.74, 6) is -4.30. The summed E-state index contributed by atoms with van der Waals surface area (Å²) in [7, 11) is 0. The van der Waals surface area contributed by atoms with Gasteiger partial charge in [-0.05, 0) is 99.9 Å². The largest absolute Gasteiger partial charge is 0.549 e. The molecule has 0 N–H and O–H groups in total. The third-order valence-electron chi connectivity index (χ3n) is 9.47. The van der Waals surface area contributed by atoms with Crippen molar-refractivity contribution in [3.8, 4) is 0 Å². The Labute approximate surface area is 371 Å². The number of rotatable bonds is 12. The zero-order chi connectivity index (χ0) is 47.8. The summed E-state index contributed by atoms with van der Waals surface area (Å²) in [6.45, 7) is 8.51. The molecule has 0 aliphatic heterocycles. The van der Waals surface area contributed by atoms with E-state index in [0.29, 0.717) is 44.5 Å².